The second-order valence-electron chi connectivity index (χ2n) is 5.92. The van der Waals surface area contributed by atoms with Crippen LogP contribution in [0.4, 0.5) is 0 Å². The highest BCUT2D eigenvalue weighted by molar-refractivity contribution is 5.44. The van der Waals surface area contributed by atoms with Crippen molar-refractivity contribution in [2.75, 3.05) is 14.1 Å². The molecule has 1 aromatic rings. The Morgan fingerprint density at radius 1 is 1.17 bits per heavy atom. The zero-order valence-electron chi connectivity index (χ0n) is 11.9. The van der Waals surface area contributed by atoms with Crippen LogP contribution in [-0.4, -0.2) is 24.1 Å². The Hall–Kier alpha value is -1.02. The summed E-state index contributed by atoms with van der Waals surface area (Å²) >= 11 is 0. The van der Waals surface area contributed by atoms with Gasteiger partial charge in [-0.1, -0.05) is 31.4 Å². The van der Waals surface area contributed by atoms with Gasteiger partial charge in [0.2, 0.25) is 0 Å². The summed E-state index contributed by atoms with van der Waals surface area (Å²) in [6.07, 6.45) is 6.72. The van der Waals surface area contributed by atoms with E-state index in [-0.39, 0.29) is 0 Å². The van der Waals surface area contributed by atoms with Crippen LogP contribution in [0.25, 0.3) is 0 Å². The number of hydrogen-bond acceptors (Lipinski definition) is 2. The number of aryl methyl sites for hydroxylation is 1. The zero-order valence-corrected chi connectivity index (χ0v) is 11.9. The van der Waals surface area contributed by atoms with Gasteiger partial charge >= 0.3 is 0 Å². The Kier molecular flexibility index (Phi) is 4.28. The minimum atomic E-state index is 0.475. The number of nitrogens with zero attached hydrogens (tertiary/aromatic N) is 1. The highest BCUT2D eigenvalue weighted by Gasteiger charge is 2.18. The molecule has 0 amide bonds. The van der Waals surface area contributed by atoms with E-state index in [4.69, 9.17) is 0 Å². The molecule has 0 heterocycles. The molecule has 1 saturated carbocycles. The van der Waals surface area contributed by atoms with Gasteiger partial charge in [-0.05, 0) is 50.9 Å². The van der Waals surface area contributed by atoms with Gasteiger partial charge in [0, 0.05) is 12.1 Å². The van der Waals surface area contributed by atoms with E-state index in [9.17, 15) is 5.11 Å². The molecule has 2 nitrogen and oxygen atoms in total. The SMILES string of the molecule is Cc1cc(C2CCCCC2)cc(CN(C)C)c1O. The van der Waals surface area contributed by atoms with E-state index in [2.05, 4.69) is 17.0 Å². The fourth-order valence-corrected chi connectivity index (χ4v) is 3.02. The van der Waals surface area contributed by atoms with Gasteiger partial charge in [0.05, 0.1) is 0 Å². The number of aromatic hydroxyl groups is 1. The molecule has 0 bridgehead atoms. The maximum Gasteiger partial charge on any atom is 0.122 e. The lowest BCUT2D eigenvalue weighted by atomic mass is 9.83. The van der Waals surface area contributed by atoms with Crippen molar-refractivity contribution in [2.45, 2.75) is 51.5 Å². The lowest BCUT2D eigenvalue weighted by Crippen LogP contribution is -2.12. The highest BCUT2D eigenvalue weighted by Crippen LogP contribution is 2.36. The van der Waals surface area contributed by atoms with Gasteiger partial charge in [0.1, 0.15) is 5.75 Å². The number of benzene rings is 1. The van der Waals surface area contributed by atoms with Crippen LogP contribution in [0.1, 0.15) is 54.7 Å². The van der Waals surface area contributed by atoms with Crippen LogP contribution in [0.5, 0.6) is 5.75 Å². The molecule has 1 N–H and O–H groups in total. The molecule has 18 heavy (non-hydrogen) atoms. The maximum atomic E-state index is 10.1. The average molecular weight is 247 g/mol. The van der Waals surface area contributed by atoms with Gasteiger partial charge in [-0.2, -0.15) is 0 Å². The Morgan fingerprint density at radius 3 is 2.44 bits per heavy atom. The summed E-state index contributed by atoms with van der Waals surface area (Å²) < 4.78 is 0. The largest absolute Gasteiger partial charge is 0.507 e. The Labute approximate surface area is 111 Å². The third-order valence-corrected chi connectivity index (χ3v) is 3.96. The fraction of sp³-hybridized carbons (Fsp3) is 0.625. The first-order valence-corrected chi connectivity index (χ1v) is 7.05. The van der Waals surface area contributed by atoms with Crippen LogP contribution >= 0.6 is 0 Å². The van der Waals surface area contributed by atoms with E-state index in [1.807, 2.05) is 21.0 Å². The normalized spacial score (nSPS) is 17.3. The molecule has 2 heteroatoms. The summed E-state index contributed by atoms with van der Waals surface area (Å²) in [6, 6.07) is 4.41. The van der Waals surface area contributed by atoms with Crippen LogP contribution < -0.4 is 0 Å². The van der Waals surface area contributed by atoms with E-state index in [1.165, 1.54) is 37.7 Å². The lowest BCUT2D eigenvalue weighted by Gasteiger charge is -2.24. The Morgan fingerprint density at radius 2 is 1.83 bits per heavy atom. The standard InChI is InChI=1S/C16H25NO/c1-12-9-14(13-7-5-4-6-8-13)10-15(16(12)18)11-17(2)3/h9-10,13,18H,4-8,11H2,1-3H3. The average Bonchev–Trinajstić information content (AvgIpc) is 2.35. The van der Waals surface area contributed by atoms with Crippen molar-refractivity contribution in [1.82, 2.24) is 4.90 Å². The van der Waals surface area contributed by atoms with E-state index in [1.54, 1.807) is 0 Å². The van der Waals surface area contributed by atoms with Crippen molar-refractivity contribution in [1.29, 1.82) is 0 Å². The van der Waals surface area contributed by atoms with Crippen molar-refractivity contribution >= 4 is 0 Å². The van der Waals surface area contributed by atoms with E-state index in [0.29, 0.717) is 11.7 Å². The van der Waals surface area contributed by atoms with Gasteiger partial charge in [-0.15, -0.1) is 0 Å². The number of rotatable bonds is 3. The second-order valence-corrected chi connectivity index (χ2v) is 5.92. The molecule has 100 valence electrons. The predicted molar refractivity (Wildman–Crippen MR) is 76.1 cm³/mol. The van der Waals surface area contributed by atoms with Gasteiger partial charge in [0.15, 0.2) is 0 Å². The summed E-state index contributed by atoms with van der Waals surface area (Å²) in [5.74, 6) is 1.18. The van der Waals surface area contributed by atoms with Gasteiger partial charge < -0.3 is 10.0 Å². The van der Waals surface area contributed by atoms with Crippen LogP contribution in [0.3, 0.4) is 0 Å². The summed E-state index contributed by atoms with van der Waals surface area (Å²) in [5, 5.41) is 10.1. The topological polar surface area (TPSA) is 23.5 Å². The third-order valence-electron chi connectivity index (χ3n) is 3.96. The molecule has 0 atom stereocenters. The smallest absolute Gasteiger partial charge is 0.122 e. The monoisotopic (exact) mass is 247 g/mol. The molecule has 1 aromatic carbocycles. The van der Waals surface area contributed by atoms with Crippen molar-refractivity contribution < 1.29 is 5.11 Å². The van der Waals surface area contributed by atoms with E-state index < -0.39 is 0 Å². The molecule has 0 radical (unpaired) electrons. The molecule has 0 spiro atoms. The van der Waals surface area contributed by atoms with Crippen molar-refractivity contribution in [3.8, 4) is 5.75 Å². The van der Waals surface area contributed by atoms with Gasteiger partial charge in [0.25, 0.3) is 0 Å². The van der Waals surface area contributed by atoms with Crippen LogP contribution in [0, 0.1) is 6.92 Å². The van der Waals surface area contributed by atoms with Gasteiger partial charge in [-0.3, -0.25) is 0 Å². The number of hydrogen-bond donors (Lipinski definition) is 1. The van der Waals surface area contributed by atoms with Crippen LogP contribution in [0.15, 0.2) is 12.1 Å². The summed E-state index contributed by atoms with van der Waals surface area (Å²) in [4.78, 5) is 2.11. The van der Waals surface area contributed by atoms with Gasteiger partial charge in [-0.25, -0.2) is 0 Å². The molecule has 1 aliphatic carbocycles. The third kappa shape index (κ3) is 3.05. The van der Waals surface area contributed by atoms with Crippen molar-refractivity contribution in [2.24, 2.45) is 0 Å². The summed E-state index contributed by atoms with van der Waals surface area (Å²) in [6.45, 7) is 2.83. The molecule has 0 aromatic heterocycles. The Bertz CT molecular complexity index is 406. The quantitative estimate of drug-likeness (QED) is 0.878. The van der Waals surface area contributed by atoms with Crippen LogP contribution in [-0.2, 0) is 6.54 Å². The molecule has 0 unspecified atom stereocenters. The zero-order chi connectivity index (χ0) is 13.1. The minimum absolute atomic E-state index is 0.475. The van der Waals surface area contributed by atoms with Crippen LogP contribution in [0.2, 0.25) is 0 Å². The highest BCUT2D eigenvalue weighted by atomic mass is 16.3. The second kappa shape index (κ2) is 5.75. The van der Waals surface area contributed by atoms with E-state index in [0.717, 1.165) is 17.7 Å². The lowest BCUT2D eigenvalue weighted by molar-refractivity contribution is 0.383. The summed E-state index contributed by atoms with van der Waals surface area (Å²) in [7, 11) is 4.09. The molecule has 2 rings (SSSR count). The van der Waals surface area contributed by atoms with E-state index >= 15 is 0 Å². The van der Waals surface area contributed by atoms with Crippen molar-refractivity contribution in [3.63, 3.8) is 0 Å². The molecular formula is C16H25NO. The predicted octanol–water partition coefficient (Wildman–Crippen LogP) is 3.81. The first kappa shape index (κ1) is 13.4. The first-order chi connectivity index (χ1) is 8.58. The molecule has 0 saturated heterocycles. The molecule has 1 aliphatic rings. The Balaban J connectivity index is 2.27. The molecule has 0 aliphatic heterocycles. The first-order valence-electron chi connectivity index (χ1n) is 7.05. The molecule has 1 fully saturated rings. The molecular weight excluding hydrogens is 222 g/mol. The summed E-state index contributed by atoms with van der Waals surface area (Å²) in [5.41, 5.74) is 3.53. The van der Waals surface area contributed by atoms with Crippen molar-refractivity contribution in [3.05, 3.63) is 28.8 Å². The maximum absolute atomic E-state index is 10.1. The minimum Gasteiger partial charge on any atom is -0.507 e. The number of phenols is 1. The fourth-order valence-electron chi connectivity index (χ4n) is 3.02. The number of phenolic OH excluding ortho intramolecular Hbond substituents is 1.